The van der Waals surface area contributed by atoms with Crippen LogP contribution in [-0.2, 0) is 12.8 Å². The van der Waals surface area contributed by atoms with E-state index < -0.39 is 0 Å². The van der Waals surface area contributed by atoms with Crippen molar-refractivity contribution >= 4 is 44.2 Å². The first-order valence-corrected chi connectivity index (χ1v) is 8.86. The molecule has 23 heavy (non-hydrogen) atoms. The predicted octanol–water partition coefficient (Wildman–Crippen LogP) is 3.23. The van der Waals surface area contributed by atoms with Crippen molar-refractivity contribution in [1.82, 2.24) is 19.5 Å². The maximum atomic E-state index is 12.4. The average molecular weight is 340 g/mol. The first-order valence-electron chi connectivity index (χ1n) is 6.99. The molecule has 0 atom stereocenters. The number of para-hydroxylation sites is 1. The third kappa shape index (κ3) is 2.51. The molecule has 0 bridgehead atoms. The topological polar surface area (TPSA) is 60.7 Å². The van der Waals surface area contributed by atoms with Gasteiger partial charge in [-0.1, -0.05) is 23.9 Å². The van der Waals surface area contributed by atoms with Crippen molar-refractivity contribution in [3.05, 3.63) is 58.2 Å². The highest BCUT2D eigenvalue weighted by Crippen LogP contribution is 2.30. The Hall–Kier alpha value is -2.25. The van der Waals surface area contributed by atoms with Gasteiger partial charge in [0.1, 0.15) is 17.2 Å². The highest BCUT2D eigenvalue weighted by Gasteiger charge is 2.11. The second-order valence-corrected chi connectivity index (χ2v) is 6.89. The number of hydrogen-bond donors (Lipinski definition) is 0. The van der Waals surface area contributed by atoms with E-state index in [1.807, 2.05) is 29.6 Å². The van der Waals surface area contributed by atoms with Gasteiger partial charge in [-0.15, -0.1) is 11.3 Å². The quantitative estimate of drug-likeness (QED) is 0.423. The number of aromatic nitrogens is 4. The largest absolute Gasteiger partial charge is 0.299 e. The molecule has 5 nitrogen and oxygen atoms in total. The molecule has 0 aliphatic rings. The lowest BCUT2D eigenvalue weighted by atomic mass is 10.2. The summed E-state index contributed by atoms with van der Waals surface area (Å²) < 4.78 is 2.69. The van der Waals surface area contributed by atoms with E-state index in [4.69, 9.17) is 0 Å². The predicted molar refractivity (Wildman–Crippen MR) is 94.0 cm³/mol. The third-order valence-corrected chi connectivity index (χ3v) is 5.65. The second kappa shape index (κ2) is 5.75. The molecule has 3 heterocycles. The molecule has 0 fully saturated rings. The molecule has 0 spiro atoms. The molecule has 7 heteroatoms. The smallest absolute Gasteiger partial charge is 0.261 e. The minimum absolute atomic E-state index is 0.0184. The van der Waals surface area contributed by atoms with Gasteiger partial charge in [-0.3, -0.25) is 9.36 Å². The van der Waals surface area contributed by atoms with Gasteiger partial charge in [0, 0.05) is 7.05 Å². The zero-order chi connectivity index (χ0) is 15.8. The number of nitrogens with zero attached hydrogens (tertiary/aromatic N) is 4. The van der Waals surface area contributed by atoms with Crippen LogP contribution in [0.3, 0.4) is 0 Å². The molecule has 0 N–H and O–H groups in total. The Morgan fingerprint density at radius 3 is 2.96 bits per heavy atom. The average Bonchev–Trinajstić information content (AvgIpc) is 3.06. The summed E-state index contributed by atoms with van der Waals surface area (Å²) in [4.78, 5) is 25.6. The van der Waals surface area contributed by atoms with Crippen LogP contribution in [0.15, 0.2) is 51.9 Å². The minimum atomic E-state index is -0.0184. The van der Waals surface area contributed by atoms with Gasteiger partial charge in [-0.25, -0.2) is 15.0 Å². The lowest BCUT2D eigenvalue weighted by Crippen LogP contribution is -2.21. The van der Waals surface area contributed by atoms with Gasteiger partial charge in [-0.2, -0.15) is 0 Å². The molecule has 4 rings (SSSR count). The van der Waals surface area contributed by atoms with E-state index >= 15 is 0 Å². The summed E-state index contributed by atoms with van der Waals surface area (Å²) in [6, 6.07) is 9.41. The number of thiophene rings is 1. The number of fused-ring (bicyclic) bond motifs is 2. The van der Waals surface area contributed by atoms with E-state index in [1.54, 1.807) is 47.1 Å². The van der Waals surface area contributed by atoms with Crippen LogP contribution < -0.4 is 5.56 Å². The van der Waals surface area contributed by atoms with Gasteiger partial charge >= 0.3 is 0 Å². The Balaban J connectivity index is 1.72. The van der Waals surface area contributed by atoms with Crippen molar-refractivity contribution in [3.63, 3.8) is 0 Å². The van der Waals surface area contributed by atoms with Crippen LogP contribution in [0.4, 0.5) is 0 Å². The molecule has 0 saturated carbocycles. The van der Waals surface area contributed by atoms with Crippen LogP contribution in [0.1, 0.15) is 5.82 Å². The molecule has 1 aromatic carbocycles. The zero-order valence-electron chi connectivity index (χ0n) is 12.3. The van der Waals surface area contributed by atoms with Gasteiger partial charge in [0.05, 0.1) is 26.9 Å². The molecule has 0 unspecified atom stereocenters. The fourth-order valence-corrected chi connectivity index (χ4v) is 4.33. The number of thioether (sulfide) groups is 1. The van der Waals surface area contributed by atoms with E-state index in [9.17, 15) is 4.79 Å². The maximum absolute atomic E-state index is 12.4. The van der Waals surface area contributed by atoms with Crippen LogP contribution in [0, 0.1) is 0 Å². The van der Waals surface area contributed by atoms with Crippen LogP contribution in [0.5, 0.6) is 0 Å². The van der Waals surface area contributed by atoms with Gasteiger partial charge in [-0.05, 0) is 23.6 Å². The highest BCUT2D eigenvalue weighted by atomic mass is 32.2. The molecular formula is C16H12N4OS2. The Kier molecular flexibility index (Phi) is 3.59. The van der Waals surface area contributed by atoms with Crippen molar-refractivity contribution < 1.29 is 0 Å². The molecule has 0 amide bonds. The van der Waals surface area contributed by atoms with Crippen molar-refractivity contribution in [2.75, 3.05) is 0 Å². The van der Waals surface area contributed by atoms with Gasteiger partial charge in [0.25, 0.3) is 5.56 Å². The molecule has 3 aromatic heterocycles. The number of benzene rings is 1. The molecule has 0 saturated heterocycles. The van der Waals surface area contributed by atoms with Crippen LogP contribution in [0.2, 0.25) is 0 Å². The standard InChI is InChI=1S/C16H12N4OS2/c1-20-13(19-11-5-3-2-4-10(11)16(20)21)8-23-15-14-12(6-7-22-14)17-9-18-15/h2-7,9H,8H2,1H3. The molecular weight excluding hydrogens is 328 g/mol. The lowest BCUT2D eigenvalue weighted by molar-refractivity contribution is 0.785. The Labute approximate surface area is 140 Å². The number of hydrogen-bond acceptors (Lipinski definition) is 6. The SMILES string of the molecule is Cn1c(CSc2ncnc3ccsc23)nc2ccccc2c1=O. The first-order chi connectivity index (χ1) is 11.2. The van der Waals surface area contributed by atoms with E-state index in [-0.39, 0.29) is 5.56 Å². The molecule has 0 radical (unpaired) electrons. The first kappa shape index (κ1) is 14.3. The number of rotatable bonds is 3. The maximum Gasteiger partial charge on any atom is 0.261 e. The summed E-state index contributed by atoms with van der Waals surface area (Å²) in [6.07, 6.45) is 1.57. The van der Waals surface area contributed by atoms with E-state index in [1.165, 1.54) is 0 Å². The van der Waals surface area contributed by atoms with Crippen molar-refractivity contribution in [2.45, 2.75) is 10.8 Å². The van der Waals surface area contributed by atoms with E-state index in [0.717, 1.165) is 26.6 Å². The Morgan fingerprint density at radius 2 is 2.04 bits per heavy atom. The van der Waals surface area contributed by atoms with Crippen molar-refractivity contribution in [3.8, 4) is 0 Å². The summed E-state index contributed by atoms with van der Waals surface area (Å²) in [5, 5.41) is 3.58. The molecule has 4 aromatic rings. The summed E-state index contributed by atoms with van der Waals surface area (Å²) in [7, 11) is 1.76. The normalized spacial score (nSPS) is 11.3. The van der Waals surface area contributed by atoms with Gasteiger partial charge < -0.3 is 0 Å². The fraction of sp³-hybridized carbons (Fsp3) is 0.125. The zero-order valence-corrected chi connectivity index (χ0v) is 13.9. The van der Waals surface area contributed by atoms with Crippen LogP contribution >= 0.6 is 23.1 Å². The van der Waals surface area contributed by atoms with Gasteiger partial charge in [0.15, 0.2) is 0 Å². The highest BCUT2D eigenvalue weighted by molar-refractivity contribution is 7.98. The summed E-state index contributed by atoms with van der Waals surface area (Å²) in [5.41, 5.74) is 1.66. The van der Waals surface area contributed by atoms with E-state index in [2.05, 4.69) is 15.0 Å². The monoisotopic (exact) mass is 340 g/mol. The van der Waals surface area contributed by atoms with Crippen molar-refractivity contribution in [1.29, 1.82) is 0 Å². The fourth-order valence-electron chi connectivity index (χ4n) is 2.40. The summed E-state index contributed by atoms with van der Waals surface area (Å²) in [5.74, 6) is 1.32. The van der Waals surface area contributed by atoms with Gasteiger partial charge in [0.2, 0.25) is 0 Å². The molecule has 0 aliphatic carbocycles. The molecule has 114 valence electrons. The van der Waals surface area contributed by atoms with E-state index in [0.29, 0.717) is 11.1 Å². The van der Waals surface area contributed by atoms with Crippen molar-refractivity contribution in [2.24, 2.45) is 7.05 Å². The van der Waals surface area contributed by atoms with Crippen LogP contribution in [0.25, 0.3) is 21.1 Å². The summed E-state index contributed by atoms with van der Waals surface area (Å²) >= 11 is 3.20. The minimum Gasteiger partial charge on any atom is -0.299 e. The third-order valence-electron chi connectivity index (χ3n) is 3.62. The Bertz CT molecular complexity index is 1070. The second-order valence-electron chi connectivity index (χ2n) is 5.01. The van der Waals surface area contributed by atoms with Crippen LogP contribution in [-0.4, -0.2) is 19.5 Å². The Morgan fingerprint density at radius 1 is 1.17 bits per heavy atom. The summed E-state index contributed by atoms with van der Waals surface area (Å²) in [6.45, 7) is 0. The lowest BCUT2D eigenvalue weighted by Gasteiger charge is -2.08. The molecule has 0 aliphatic heterocycles.